The number of allylic oxidation sites excluding steroid dienone is 1. The third-order valence-electron chi connectivity index (χ3n) is 2.54. The van der Waals surface area contributed by atoms with Gasteiger partial charge in [0.25, 0.3) is 0 Å². The summed E-state index contributed by atoms with van der Waals surface area (Å²) in [4.78, 5) is 0. The van der Waals surface area contributed by atoms with Crippen molar-refractivity contribution in [2.75, 3.05) is 20.3 Å². The van der Waals surface area contributed by atoms with Crippen LogP contribution in [0.25, 0.3) is 0 Å². The summed E-state index contributed by atoms with van der Waals surface area (Å²) in [7, 11) is 1.72. The molecule has 0 bridgehead atoms. The van der Waals surface area contributed by atoms with Crippen molar-refractivity contribution >= 4 is 0 Å². The van der Waals surface area contributed by atoms with Crippen LogP contribution < -0.4 is 0 Å². The highest BCUT2D eigenvalue weighted by molar-refractivity contribution is 5.19. The first-order valence-electron chi connectivity index (χ1n) is 5.25. The van der Waals surface area contributed by atoms with Gasteiger partial charge in [0.2, 0.25) is 0 Å². The normalized spacial score (nSPS) is 30.6. The maximum absolute atomic E-state index is 5.60. The van der Waals surface area contributed by atoms with Gasteiger partial charge in [-0.1, -0.05) is 25.2 Å². The summed E-state index contributed by atoms with van der Waals surface area (Å²) >= 11 is 0. The van der Waals surface area contributed by atoms with Crippen molar-refractivity contribution in [1.82, 2.24) is 0 Å². The van der Waals surface area contributed by atoms with Gasteiger partial charge in [-0.25, -0.2) is 0 Å². The van der Waals surface area contributed by atoms with Crippen LogP contribution in [0.15, 0.2) is 23.8 Å². The molecule has 2 heteroatoms. The van der Waals surface area contributed by atoms with Crippen molar-refractivity contribution in [3.05, 3.63) is 23.8 Å². The van der Waals surface area contributed by atoms with E-state index >= 15 is 0 Å². The molecule has 0 amide bonds. The minimum Gasteiger partial charge on any atom is -0.381 e. The first-order valence-corrected chi connectivity index (χ1v) is 5.25. The van der Waals surface area contributed by atoms with Gasteiger partial charge in [0, 0.05) is 13.0 Å². The molecule has 1 saturated heterocycles. The summed E-state index contributed by atoms with van der Waals surface area (Å²) in [5.41, 5.74) is 1.35. The summed E-state index contributed by atoms with van der Waals surface area (Å²) < 4.78 is 10.6. The second kappa shape index (κ2) is 5.99. The number of rotatable bonds is 4. The van der Waals surface area contributed by atoms with Gasteiger partial charge in [0.05, 0.1) is 19.3 Å². The summed E-state index contributed by atoms with van der Waals surface area (Å²) in [5.74, 6) is 0.449. The predicted octanol–water partition coefficient (Wildman–Crippen LogP) is 2.56. The summed E-state index contributed by atoms with van der Waals surface area (Å²) in [6.07, 6.45) is 7.98. The lowest BCUT2D eigenvalue weighted by molar-refractivity contribution is 0.115. The molecule has 1 heterocycles. The smallest absolute Gasteiger partial charge is 0.0688 e. The zero-order valence-electron chi connectivity index (χ0n) is 9.32. The van der Waals surface area contributed by atoms with Gasteiger partial charge in [0.1, 0.15) is 0 Å². The molecule has 1 aliphatic rings. The van der Waals surface area contributed by atoms with E-state index in [2.05, 4.69) is 32.1 Å². The lowest BCUT2D eigenvalue weighted by Gasteiger charge is -2.09. The topological polar surface area (TPSA) is 18.5 Å². The molecule has 0 N–H and O–H groups in total. The molecule has 0 saturated carbocycles. The molecule has 2 nitrogen and oxygen atoms in total. The quantitative estimate of drug-likeness (QED) is 0.643. The molecule has 0 unspecified atom stereocenters. The molecule has 0 aromatic heterocycles. The van der Waals surface area contributed by atoms with Crippen LogP contribution in [0.4, 0.5) is 0 Å². The summed E-state index contributed by atoms with van der Waals surface area (Å²) in [5, 5.41) is 0. The first-order chi connectivity index (χ1) is 6.79. The first kappa shape index (κ1) is 11.5. The molecule has 80 valence electrons. The molecule has 2 atom stereocenters. The molecule has 14 heavy (non-hydrogen) atoms. The maximum atomic E-state index is 5.60. The Bertz CT molecular complexity index is 218. The molecule has 0 aliphatic carbocycles. The van der Waals surface area contributed by atoms with Crippen molar-refractivity contribution in [1.29, 1.82) is 0 Å². The van der Waals surface area contributed by atoms with E-state index < -0.39 is 0 Å². The van der Waals surface area contributed by atoms with Gasteiger partial charge in [-0.15, -0.1) is 0 Å². The van der Waals surface area contributed by atoms with Gasteiger partial charge in [-0.3, -0.25) is 0 Å². The second-order valence-corrected chi connectivity index (χ2v) is 3.61. The van der Waals surface area contributed by atoms with Crippen molar-refractivity contribution in [3.63, 3.8) is 0 Å². The lowest BCUT2D eigenvalue weighted by Crippen LogP contribution is -2.09. The maximum Gasteiger partial charge on any atom is 0.0688 e. The van der Waals surface area contributed by atoms with E-state index in [1.807, 2.05) is 0 Å². The van der Waals surface area contributed by atoms with Crippen LogP contribution in [-0.4, -0.2) is 26.4 Å². The molecule has 1 aliphatic heterocycles. The van der Waals surface area contributed by atoms with E-state index in [4.69, 9.17) is 9.47 Å². The third-order valence-corrected chi connectivity index (χ3v) is 2.54. The fourth-order valence-electron chi connectivity index (χ4n) is 1.68. The Morgan fingerprint density at radius 1 is 1.57 bits per heavy atom. The minimum absolute atomic E-state index is 0.306. The molecule has 0 aromatic carbocycles. The highest BCUT2D eigenvalue weighted by Crippen LogP contribution is 2.27. The standard InChI is InChI=1S/C12H20O2/c1-4-5-6-12-10(2)14-9-11(12)7-8-13-3/h5-7,10,12H,4,8-9H2,1-3H3/b6-5+,11-7+/t10-,12-/m1/s1. The monoisotopic (exact) mass is 196 g/mol. The molecule has 0 aromatic rings. The van der Waals surface area contributed by atoms with Gasteiger partial charge >= 0.3 is 0 Å². The largest absolute Gasteiger partial charge is 0.381 e. The molecular weight excluding hydrogens is 176 g/mol. The van der Waals surface area contributed by atoms with Crippen LogP contribution in [0.3, 0.4) is 0 Å². The summed E-state index contributed by atoms with van der Waals surface area (Å²) in [6, 6.07) is 0. The molecule has 1 rings (SSSR count). The SMILES string of the molecule is CC/C=C/[C@H]1/C(=C/COC)CO[C@@H]1C. The minimum atomic E-state index is 0.306. The third kappa shape index (κ3) is 2.96. The van der Waals surface area contributed by atoms with Gasteiger partial charge in [0.15, 0.2) is 0 Å². The van der Waals surface area contributed by atoms with E-state index in [-0.39, 0.29) is 0 Å². The average molecular weight is 196 g/mol. The van der Waals surface area contributed by atoms with Crippen molar-refractivity contribution in [3.8, 4) is 0 Å². The fraction of sp³-hybridized carbons (Fsp3) is 0.667. The average Bonchev–Trinajstić information content (AvgIpc) is 2.53. The van der Waals surface area contributed by atoms with Crippen molar-refractivity contribution in [2.45, 2.75) is 26.4 Å². The zero-order valence-corrected chi connectivity index (χ0v) is 9.32. The zero-order chi connectivity index (χ0) is 10.4. The van der Waals surface area contributed by atoms with Crippen LogP contribution in [0.5, 0.6) is 0 Å². The van der Waals surface area contributed by atoms with Crippen LogP contribution in [-0.2, 0) is 9.47 Å². The second-order valence-electron chi connectivity index (χ2n) is 3.61. The van der Waals surface area contributed by atoms with Crippen molar-refractivity contribution in [2.24, 2.45) is 5.92 Å². The molecule has 1 fully saturated rings. The van der Waals surface area contributed by atoms with E-state index in [9.17, 15) is 0 Å². The Morgan fingerprint density at radius 3 is 3.00 bits per heavy atom. The molecule has 0 spiro atoms. The highest BCUT2D eigenvalue weighted by Gasteiger charge is 2.26. The Balaban J connectivity index is 2.61. The van der Waals surface area contributed by atoms with Crippen molar-refractivity contribution < 1.29 is 9.47 Å². The Hall–Kier alpha value is -0.600. The van der Waals surface area contributed by atoms with E-state index in [1.165, 1.54) is 5.57 Å². The highest BCUT2D eigenvalue weighted by atomic mass is 16.5. The molecule has 0 radical (unpaired) electrons. The van der Waals surface area contributed by atoms with Crippen LogP contribution in [0.1, 0.15) is 20.3 Å². The van der Waals surface area contributed by atoms with Crippen LogP contribution in [0.2, 0.25) is 0 Å². The fourth-order valence-corrected chi connectivity index (χ4v) is 1.68. The Kier molecular flexibility index (Phi) is 4.91. The number of hydrogen-bond acceptors (Lipinski definition) is 2. The van der Waals surface area contributed by atoms with Gasteiger partial charge in [-0.05, 0) is 18.9 Å². The van der Waals surface area contributed by atoms with Gasteiger partial charge < -0.3 is 9.47 Å². The summed E-state index contributed by atoms with van der Waals surface area (Å²) in [6.45, 7) is 5.71. The van der Waals surface area contributed by atoms with Crippen LogP contribution in [0, 0.1) is 5.92 Å². The Morgan fingerprint density at radius 2 is 2.36 bits per heavy atom. The van der Waals surface area contributed by atoms with Gasteiger partial charge in [-0.2, -0.15) is 0 Å². The van der Waals surface area contributed by atoms with E-state index in [1.54, 1.807) is 7.11 Å². The number of ether oxygens (including phenoxy) is 2. The van der Waals surface area contributed by atoms with Crippen LogP contribution >= 0.6 is 0 Å². The number of hydrogen-bond donors (Lipinski definition) is 0. The number of methoxy groups -OCH3 is 1. The lowest BCUT2D eigenvalue weighted by atomic mass is 9.96. The Labute approximate surface area is 86.6 Å². The van der Waals surface area contributed by atoms with E-state index in [0.717, 1.165) is 13.0 Å². The molecular formula is C12H20O2. The predicted molar refractivity (Wildman–Crippen MR) is 58.3 cm³/mol. The van der Waals surface area contributed by atoms with E-state index in [0.29, 0.717) is 18.6 Å².